The summed E-state index contributed by atoms with van der Waals surface area (Å²) in [5.41, 5.74) is 0. The lowest BCUT2D eigenvalue weighted by molar-refractivity contribution is 0.124. The van der Waals surface area contributed by atoms with Gasteiger partial charge in [0.05, 0.1) is 6.61 Å². The van der Waals surface area contributed by atoms with E-state index in [0.717, 1.165) is 12.4 Å². The Morgan fingerprint density at radius 2 is 2.14 bits per heavy atom. The summed E-state index contributed by atoms with van der Waals surface area (Å²) in [7, 11) is 0. The van der Waals surface area contributed by atoms with E-state index in [1.54, 1.807) is 0 Å². The molecule has 0 amide bonds. The lowest BCUT2D eigenvalue weighted by Crippen LogP contribution is -2.24. The molecule has 1 aromatic rings. The van der Waals surface area contributed by atoms with Gasteiger partial charge >= 0.3 is 0 Å². The van der Waals surface area contributed by atoms with E-state index >= 15 is 0 Å². The molecule has 14 heavy (non-hydrogen) atoms. The molecule has 1 heterocycles. The molecule has 0 aliphatic carbocycles. The smallest absolute Gasteiger partial charge is 0.129 e. The minimum Gasteiger partial charge on any atom is -0.488 e. The number of hydrogen-bond donors (Lipinski definition) is 1. The Kier molecular flexibility index (Phi) is 3.01. The van der Waals surface area contributed by atoms with Crippen LogP contribution in [0.4, 0.5) is 0 Å². The SMILES string of the molecule is OCCC(Oc1ccccc1)C1CO1. The average molecular weight is 194 g/mol. The van der Waals surface area contributed by atoms with Crippen LogP contribution in [0, 0.1) is 0 Å². The van der Waals surface area contributed by atoms with E-state index in [1.807, 2.05) is 30.3 Å². The van der Waals surface area contributed by atoms with E-state index in [1.165, 1.54) is 0 Å². The van der Waals surface area contributed by atoms with Gasteiger partial charge in [0.15, 0.2) is 0 Å². The first-order chi connectivity index (χ1) is 6.90. The molecule has 0 radical (unpaired) electrons. The fourth-order valence-corrected chi connectivity index (χ4v) is 1.39. The molecule has 1 aliphatic rings. The van der Waals surface area contributed by atoms with Crippen molar-refractivity contribution < 1.29 is 14.6 Å². The number of aliphatic hydroxyl groups excluding tert-OH is 1. The van der Waals surface area contributed by atoms with Crippen LogP contribution in [0.2, 0.25) is 0 Å². The van der Waals surface area contributed by atoms with Crippen molar-refractivity contribution in [3.8, 4) is 5.75 Å². The van der Waals surface area contributed by atoms with Gasteiger partial charge in [-0.05, 0) is 12.1 Å². The van der Waals surface area contributed by atoms with Crippen LogP contribution in [0.5, 0.6) is 5.75 Å². The zero-order chi connectivity index (χ0) is 9.80. The topological polar surface area (TPSA) is 42.0 Å². The molecule has 0 saturated carbocycles. The zero-order valence-corrected chi connectivity index (χ0v) is 7.93. The quantitative estimate of drug-likeness (QED) is 0.716. The largest absolute Gasteiger partial charge is 0.488 e. The highest BCUT2D eigenvalue weighted by atomic mass is 16.6. The molecule has 2 unspecified atom stereocenters. The van der Waals surface area contributed by atoms with E-state index < -0.39 is 0 Å². The van der Waals surface area contributed by atoms with Crippen molar-refractivity contribution in [2.75, 3.05) is 13.2 Å². The first-order valence-electron chi connectivity index (χ1n) is 4.84. The summed E-state index contributed by atoms with van der Waals surface area (Å²) in [4.78, 5) is 0. The van der Waals surface area contributed by atoms with E-state index in [9.17, 15) is 0 Å². The summed E-state index contributed by atoms with van der Waals surface area (Å²) < 4.78 is 10.9. The number of ether oxygens (including phenoxy) is 2. The number of aliphatic hydroxyl groups is 1. The summed E-state index contributed by atoms with van der Waals surface area (Å²) in [6.07, 6.45) is 0.782. The second-order valence-electron chi connectivity index (χ2n) is 3.35. The van der Waals surface area contributed by atoms with Crippen LogP contribution < -0.4 is 4.74 Å². The summed E-state index contributed by atoms with van der Waals surface area (Å²) in [5.74, 6) is 0.835. The minimum atomic E-state index is -0.0117. The number of para-hydroxylation sites is 1. The van der Waals surface area contributed by atoms with Gasteiger partial charge < -0.3 is 14.6 Å². The molecule has 1 aromatic carbocycles. The molecule has 3 nitrogen and oxygen atoms in total. The lowest BCUT2D eigenvalue weighted by Gasteiger charge is -2.15. The van der Waals surface area contributed by atoms with Gasteiger partial charge in [0.25, 0.3) is 0 Å². The number of epoxide rings is 1. The van der Waals surface area contributed by atoms with Crippen LogP contribution in [-0.4, -0.2) is 30.5 Å². The van der Waals surface area contributed by atoms with Crippen molar-refractivity contribution in [3.63, 3.8) is 0 Å². The molecule has 76 valence electrons. The van der Waals surface area contributed by atoms with Gasteiger partial charge in [0.2, 0.25) is 0 Å². The molecule has 1 fully saturated rings. The standard InChI is InChI=1S/C11H14O3/c12-7-6-10(11-8-13-11)14-9-4-2-1-3-5-9/h1-5,10-12H,6-8H2. The summed E-state index contributed by atoms with van der Waals surface area (Å²) in [6, 6.07) is 9.62. The van der Waals surface area contributed by atoms with Crippen LogP contribution in [0.1, 0.15) is 6.42 Å². The minimum absolute atomic E-state index is 0.0117. The van der Waals surface area contributed by atoms with Crippen molar-refractivity contribution in [1.82, 2.24) is 0 Å². The maximum absolute atomic E-state index is 8.86. The Hall–Kier alpha value is -1.06. The second kappa shape index (κ2) is 4.44. The van der Waals surface area contributed by atoms with Crippen molar-refractivity contribution >= 4 is 0 Å². The summed E-state index contributed by atoms with van der Waals surface area (Å²) in [6.45, 7) is 0.884. The molecule has 3 heteroatoms. The van der Waals surface area contributed by atoms with E-state index in [2.05, 4.69) is 0 Å². The van der Waals surface area contributed by atoms with Gasteiger partial charge in [0.1, 0.15) is 18.0 Å². The van der Waals surface area contributed by atoms with Crippen molar-refractivity contribution in [3.05, 3.63) is 30.3 Å². The van der Waals surface area contributed by atoms with Gasteiger partial charge in [-0.1, -0.05) is 18.2 Å². The Morgan fingerprint density at radius 3 is 2.71 bits per heavy atom. The number of benzene rings is 1. The van der Waals surface area contributed by atoms with Crippen LogP contribution in [0.25, 0.3) is 0 Å². The van der Waals surface area contributed by atoms with Crippen LogP contribution in [0.15, 0.2) is 30.3 Å². The average Bonchev–Trinajstić information content (AvgIpc) is 3.02. The van der Waals surface area contributed by atoms with E-state index in [0.29, 0.717) is 6.42 Å². The third-order valence-corrected chi connectivity index (χ3v) is 2.22. The molecule has 2 rings (SSSR count). The van der Waals surface area contributed by atoms with E-state index in [-0.39, 0.29) is 18.8 Å². The molecule has 1 aliphatic heterocycles. The molecule has 0 spiro atoms. The molecule has 0 bridgehead atoms. The second-order valence-corrected chi connectivity index (χ2v) is 3.35. The van der Waals surface area contributed by atoms with Crippen molar-refractivity contribution in [2.45, 2.75) is 18.6 Å². The molecular weight excluding hydrogens is 180 g/mol. The van der Waals surface area contributed by atoms with Gasteiger partial charge in [-0.15, -0.1) is 0 Å². The van der Waals surface area contributed by atoms with Crippen LogP contribution in [0.3, 0.4) is 0 Å². The van der Waals surface area contributed by atoms with Gasteiger partial charge in [-0.2, -0.15) is 0 Å². The van der Waals surface area contributed by atoms with E-state index in [4.69, 9.17) is 14.6 Å². The monoisotopic (exact) mass is 194 g/mol. The number of hydrogen-bond acceptors (Lipinski definition) is 3. The summed E-state index contributed by atoms with van der Waals surface area (Å²) >= 11 is 0. The number of rotatable bonds is 5. The van der Waals surface area contributed by atoms with Crippen molar-refractivity contribution in [1.29, 1.82) is 0 Å². The Balaban J connectivity index is 1.93. The molecular formula is C11H14O3. The first kappa shape index (κ1) is 9.49. The Morgan fingerprint density at radius 1 is 1.43 bits per heavy atom. The fraction of sp³-hybridized carbons (Fsp3) is 0.455. The lowest BCUT2D eigenvalue weighted by atomic mass is 10.2. The molecule has 1 N–H and O–H groups in total. The highest BCUT2D eigenvalue weighted by molar-refractivity contribution is 5.21. The molecule has 1 saturated heterocycles. The predicted molar refractivity (Wildman–Crippen MR) is 52.3 cm³/mol. The third kappa shape index (κ3) is 2.47. The maximum Gasteiger partial charge on any atom is 0.129 e. The Bertz CT molecular complexity index is 269. The van der Waals surface area contributed by atoms with Crippen LogP contribution >= 0.6 is 0 Å². The van der Waals surface area contributed by atoms with Crippen LogP contribution in [-0.2, 0) is 4.74 Å². The fourth-order valence-electron chi connectivity index (χ4n) is 1.39. The first-order valence-corrected chi connectivity index (χ1v) is 4.84. The molecule has 2 atom stereocenters. The highest BCUT2D eigenvalue weighted by Crippen LogP contribution is 2.22. The van der Waals surface area contributed by atoms with Gasteiger partial charge in [-0.25, -0.2) is 0 Å². The third-order valence-electron chi connectivity index (χ3n) is 2.22. The molecule has 0 aromatic heterocycles. The normalized spacial score (nSPS) is 21.6. The van der Waals surface area contributed by atoms with Gasteiger partial charge in [-0.3, -0.25) is 0 Å². The Labute approximate surface area is 83.3 Å². The predicted octanol–water partition coefficient (Wildman–Crippen LogP) is 1.22. The zero-order valence-electron chi connectivity index (χ0n) is 7.93. The van der Waals surface area contributed by atoms with Crippen molar-refractivity contribution in [2.24, 2.45) is 0 Å². The van der Waals surface area contributed by atoms with Gasteiger partial charge in [0, 0.05) is 13.0 Å². The summed E-state index contributed by atoms with van der Waals surface area (Å²) in [5, 5.41) is 8.86. The maximum atomic E-state index is 8.86. The highest BCUT2D eigenvalue weighted by Gasteiger charge is 2.33.